The van der Waals surface area contributed by atoms with Gasteiger partial charge in [0.25, 0.3) is 5.91 Å². The maximum atomic E-state index is 14.9. The second kappa shape index (κ2) is 10.6. The van der Waals surface area contributed by atoms with Crippen LogP contribution in [0.1, 0.15) is 56.2 Å². The summed E-state index contributed by atoms with van der Waals surface area (Å²) in [4.78, 5) is 36.5. The molecule has 0 radical (unpaired) electrons. The normalized spacial score (nSPS) is 24.4. The molecule has 2 amide bonds. The molecule has 0 spiro atoms. The van der Waals surface area contributed by atoms with E-state index >= 15 is 0 Å². The van der Waals surface area contributed by atoms with Crippen LogP contribution in [0.15, 0.2) is 18.2 Å². The Morgan fingerprint density at radius 2 is 1.89 bits per heavy atom. The van der Waals surface area contributed by atoms with Gasteiger partial charge < -0.3 is 25.0 Å². The number of rotatable bonds is 5. The number of hydrogen-bond donors (Lipinski definition) is 2. The van der Waals surface area contributed by atoms with Crippen LogP contribution in [0, 0.1) is 17.2 Å². The van der Waals surface area contributed by atoms with Crippen LogP contribution in [0.2, 0.25) is 5.02 Å². The Morgan fingerprint density at radius 1 is 1.16 bits per heavy atom. The van der Waals surface area contributed by atoms with E-state index in [-0.39, 0.29) is 23.2 Å². The van der Waals surface area contributed by atoms with Gasteiger partial charge in [0.2, 0.25) is 5.91 Å². The number of hydrogen-bond acceptors (Lipinski definition) is 5. The second-order valence-electron chi connectivity index (χ2n) is 12.1. The molecule has 3 fully saturated rings. The van der Waals surface area contributed by atoms with Gasteiger partial charge in [-0.2, -0.15) is 0 Å². The third-order valence-corrected chi connectivity index (χ3v) is 8.42. The zero-order valence-electron chi connectivity index (χ0n) is 22.7. The van der Waals surface area contributed by atoms with Crippen LogP contribution in [-0.2, 0) is 17.9 Å². The van der Waals surface area contributed by atoms with Gasteiger partial charge >= 0.3 is 0 Å². The van der Waals surface area contributed by atoms with Gasteiger partial charge in [-0.1, -0.05) is 32.4 Å². The predicted molar refractivity (Wildman–Crippen MR) is 145 cm³/mol. The summed E-state index contributed by atoms with van der Waals surface area (Å²) in [6.07, 6.45) is 3.02. The second-order valence-corrected chi connectivity index (χ2v) is 12.6. The van der Waals surface area contributed by atoms with E-state index < -0.39 is 23.2 Å². The molecule has 1 aromatic heterocycles. The molecular formula is C28H38ClFN6O2. The maximum absolute atomic E-state index is 14.9. The van der Waals surface area contributed by atoms with Crippen molar-refractivity contribution in [3.63, 3.8) is 0 Å². The summed E-state index contributed by atoms with van der Waals surface area (Å²) < 4.78 is 16.8. The Balaban J connectivity index is 1.45. The Hall–Kier alpha value is -2.49. The monoisotopic (exact) mass is 544 g/mol. The number of aromatic nitrogens is 2. The van der Waals surface area contributed by atoms with Crippen molar-refractivity contribution < 1.29 is 14.0 Å². The molecule has 2 atom stereocenters. The number of halogens is 2. The van der Waals surface area contributed by atoms with Crippen molar-refractivity contribution in [3.05, 3.63) is 40.4 Å². The van der Waals surface area contributed by atoms with Gasteiger partial charge in [-0.3, -0.25) is 9.59 Å². The molecule has 2 bridgehead atoms. The highest BCUT2D eigenvalue weighted by atomic mass is 35.5. The fourth-order valence-electron chi connectivity index (χ4n) is 6.05. The molecule has 206 valence electrons. The molecule has 3 saturated heterocycles. The van der Waals surface area contributed by atoms with Crippen molar-refractivity contribution in [3.8, 4) is 11.4 Å². The van der Waals surface area contributed by atoms with Gasteiger partial charge in [0.05, 0.1) is 11.3 Å². The highest BCUT2D eigenvalue weighted by Gasteiger charge is 2.40. The lowest BCUT2D eigenvalue weighted by atomic mass is 9.82. The molecule has 4 aliphatic rings. The van der Waals surface area contributed by atoms with Gasteiger partial charge in [-0.05, 0) is 75.5 Å². The average Bonchev–Trinajstić information content (AvgIpc) is 3.09. The minimum Gasteiger partial charge on any atom is -0.350 e. The van der Waals surface area contributed by atoms with Crippen LogP contribution in [0.5, 0.6) is 0 Å². The van der Waals surface area contributed by atoms with Crippen molar-refractivity contribution in [1.29, 1.82) is 0 Å². The number of piperidine rings is 3. The number of benzene rings is 1. The van der Waals surface area contributed by atoms with Crippen LogP contribution in [0.3, 0.4) is 0 Å². The molecule has 8 nitrogen and oxygen atoms in total. The highest BCUT2D eigenvalue weighted by Crippen LogP contribution is 2.31. The van der Waals surface area contributed by atoms with Crippen molar-refractivity contribution >= 4 is 23.4 Å². The Kier molecular flexibility index (Phi) is 7.55. The molecule has 4 aliphatic heterocycles. The molecule has 5 heterocycles. The number of carbonyl (C=O) groups is 2. The number of nitrogens with one attached hydrogen (secondary N) is 2. The summed E-state index contributed by atoms with van der Waals surface area (Å²) in [5.41, 5.74) is 0.665. The number of amides is 2. The van der Waals surface area contributed by atoms with Gasteiger partial charge in [-0.25, -0.2) is 9.37 Å². The molecule has 38 heavy (non-hydrogen) atoms. The van der Waals surface area contributed by atoms with Gasteiger partial charge in [-0.15, -0.1) is 0 Å². The van der Waals surface area contributed by atoms with Crippen LogP contribution < -0.4 is 10.6 Å². The van der Waals surface area contributed by atoms with Crippen LogP contribution in [0.4, 0.5) is 4.39 Å². The lowest BCUT2D eigenvalue weighted by molar-refractivity contribution is -0.127. The fraction of sp³-hybridized carbons (Fsp3) is 0.607. The SMILES string of the molecule is CN1CCCn2c(-c3cc(Cl)ccc3F)nc(C(=O)NC(C(=O)NC3CN4CCC3CC4)C(C)(C)C)c2C1. The molecule has 1 aromatic carbocycles. The topological polar surface area (TPSA) is 82.5 Å². The minimum absolute atomic E-state index is 0.0988. The minimum atomic E-state index is -0.752. The third-order valence-electron chi connectivity index (χ3n) is 8.19. The first-order valence-corrected chi connectivity index (χ1v) is 14.0. The summed E-state index contributed by atoms with van der Waals surface area (Å²) in [6.45, 7) is 10.8. The van der Waals surface area contributed by atoms with E-state index in [2.05, 4.69) is 25.4 Å². The van der Waals surface area contributed by atoms with Crippen LogP contribution >= 0.6 is 11.6 Å². The first kappa shape index (κ1) is 27.1. The molecular weight excluding hydrogens is 507 g/mol. The molecule has 6 rings (SSSR count). The number of imidazole rings is 1. The molecule has 0 saturated carbocycles. The Labute approximate surface area is 228 Å². The van der Waals surface area contributed by atoms with Crippen molar-refractivity contribution in [2.45, 2.75) is 65.2 Å². The van der Waals surface area contributed by atoms with Crippen LogP contribution in [0.25, 0.3) is 11.4 Å². The van der Waals surface area contributed by atoms with Crippen LogP contribution in [-0.4, -0.2) is 76.5 Å². The quantitative estimate of drug-likeness (QED) is 0.602. The van der Waals surface area contributed by atoms with Crippen molar-refractivity contribution in [2.75, 3.05) is 33.2 Å². The summed E-state index contributed by atoms with van der Waals surface area (Å²) in [7, 11) is 1.99. The first-order chi connectivity index (χ1) is 18.0. The highest BCUT2D eigenvalue weighted by molar-refractivity contribution is 6.30. The third kappa shape index (κ3) is 5.46. The number of nitrogens with zero attached hydrogens (tertiary/aromatic N) is 4. The number of fused-ring (bicyclic) bond motifs is 4. The molecule has 2 aromatic rings. The largest absolute Gasteiger partial charge is 0.350 e. The standard InChI is InChI=1S/C28H38ClFN6O2/c1-28(2,3)24(27(38)31-21-15-35-12-8-17(21)9-13-35)33-26(37)23-22-16-34(4)10-5-11-36(22)25(32-23)19-14-18(29)6-7-20(19)30/h6-7,14,17,21,24H,5,8-13,15-16H2,1-4H3,(H,31,38)(H,33,37). The van der Waals surface area contributed by atoms with E-state index in [1.165, 1.54) is 12.1 Å². The molecule has 0 aliphatic carbocycles. The first-order valence-electron chi connectivity index (χ1n) is 13.6. The Bertz CT molecular complexity index is 1220. The maximum Gasteiger partial charge on any atom is 0.272 e. The van der Waals surface area contributed by atoms with Gasteiger partial charge in [0, 0.05) is 30.7 Å². The number of carbonyl (C=O) groups excluding carboxylic acids is 2. The zero-order valence-corrected chi connectivity index (χ0v) is 23.4. The molecule has 2 unspecified atom stereocenters. The lowest BCUT2D eigenvalue weighted by Gasteiger charge is -2.45. The van der Waals surface area contributed by atoms with E-state index in [0.29, 0.717) is 35.5 Å². The Morgan fingerprint density at radius 3 is 2.55 bits per heavy atom. The summed E-state index contributed by atoms with van der Waals surface area (Å²) >= 11 is 6.19. The molecule has 10 heteroatoms. The summed E-state index contributed by atoms with van der Waals surface area (Å²) in [5.74, 6) is -0.189. The summed E-state index contributed by atoms with van der Waals surface area (Å²) in [5, 5.41) is 6.64. The van der Waals surface area contributed by atoms with E-state index in [0.717, 1.165) is 45.4 Å². The summed E-state index contributed by atoms with van der Waals surface area (Å²) in [6, 6.07) is 3.70. The predicted octanol–water partition coefficient (Wildman–Crippen LogP) is 3.53. The average molecular weight is 545 g/mol. The molecule has 2 N–H and O–H groups in total. The van der Waals surface area contributed by atoms with Crippen molar-refractivity contribution in [2.24, 2.45) is 11.3 Å². The van der Waals surface area contributed by atoms with E-state index in [4.69, 9.17) is 11.6 Å². The lowest BCUT2D eigenvalue weighted by Crippen LogP contribution is -2.62. The smallest absolute Gasteiger partial charge is 0.272 e. The van der Waals surface area contributed by atoms with Gasteiger partial charge in [0.15, 0.2) is 5.69 Å². The van der Waals surface area contributed by atoms with Crippen molar-refractivity contribution in [1.82, 2.24) is 30.0 Å². The zero-order chi connectivity index (χ0) is 27.2. The van der Waals surface area contributed by atoms with E-state index in [1.54, 1.807) is 6.07 Å². The van der Waals surface area contributed by atoms with E-state index in [1.807, 2.05) is 32.4 Å². The fourth-order valence-corrected chi connectivity index (χ4v) is 6.22. The van der Waals surface area contributed by atoms with Gasteiger partial charge in [0.1, 0.15) is 17.7 Å². The van der Waals surface area contributed by atoms with E-state index in [9.17, 15) is 14.0 Å².